The van der Waals surface area contributed by atoms with Crippen LogP contribution in [0.5, 0.6) is 0 Å². The van der Waals surface area contributed by atoms with Crippen LogP contribution in [0.4, 0.5) is 0 Å². The highest BCUT2D eigenvalue weighted by molar-refractivity contribution is 5.66. The standard InChI is InChI=1S/C27H44O6/c1-7-20(18-32-5)14-19(2)24(28)16-23(33-6)17-25(29)27(3,4)22-12-8-10-21(15-22)11-9-13-26(30)31/h8,10,12,14-15,20,23-25,28-29H,7,9,11,13,16-18H2,1-6H3,(H,30,31)/b19-14-/t20-,23-,24+,25+/m1/s1. The average Bonchev–Trinajstić information content (AvgIpc) is 2.77. The smallest absolute Gasteiger partial charge is 0.303 e. The molecule has 0 heterocycles. The van der Waals surface area contributed by atoms with E-state index in [0.717, 1.165) is 23.1 Å². The van der Waals surface area contributed by atoms with Gasteiger partial charge in [-0.1, -0.05) is 51.1 Å². The summed E-state index contributed by atoms with van der Waals surface area (Å²) in [6.07, 6.45) is 3.61. The molecule has 1 aromatic rings. The molecule has 6 nitrogen and oxygen atoms in total. The molecule has 3 N–H and O–H groups in total. The number of hydrogen-bond acceptors (Lipinski definition) is 5. The van der Waals surface area contributed by atoms with Gasteiger partial charge in [0.25, 0.3) is 0 Å². The lowest BCUT2D eigenvalue weighted by Gasteiger charge is -2.34. The van der Waals surface area contributed by atoms with Gasteiger partial charge in [-0.15, -0.1) is 0 Å². The number of aryl methyl sites for hydroxylation is 1. The lowest BCUT2D eigenvalue weighted by Crippen LogP contribution is -2.38. The monoisotopic (exact) mass is 464 g/mol. The Balaban J connectivity index is 2.82. The fraction of sp³-hybridized carbons (Fsp3) is 0.667. The van der Waals surface area contributed by atoms with Gasteiger partial charge in [-0.2, -0.15) is 0 Å². The Hall–Kier alpha value is -1.73. The molecule has 33 heavy (non-hydrogen) atoms. The van der Waals surface area contributed by atoms with E-state index in [-0.39, 0.29) is 18.4 Å². The maximum atomic E-state index is 11.1. The SMILES string of the molecule is CC[C@H](/C=C(/C)[C@@H](O)C[C@H](C[C@H](O)C(C)(C)c1cccc(CCCC(=O)O)c1)OC)COC. The van der Waals surface area contributed by atoms with Crippen molar-refractivity contribution < 1.29 is 29.6 Å². The number of carboxylic acid groups (broad SMARTS) is 1. The molecular formula is C27H44O6. The molecule has 0 saturated heterocycles. The Labute approximate surface area is 199 Å². The van der Waals surface area contributed by atoms with E-state index in [1.165, 1.54) is 0 Å². The zero-order chi connectivity index (χ0) is 25.0. The van der Waals surface area contributed by atoms with Gasteiger partial charge in [0.1, 0.15) is 0 Å². The van der Waals surface area contributed by atoms with E-state index in [0.29, 0.717) is 32.3 Å². The molecule has 0 bridgehead atoms. The number of aliphatic hydroxyl groups excluding tert-OH is 2. The molecule has 4 atom stereocenters. The molecule has 0 amide bonds. The molecule has 0 aromatic heterocycles. The van der Waals surface area contributed by atoms with E-state index in [2.05, 4.69) is 19.1 Å². The third kappa shape index (κ3) is 9.97. The molecule has 1 rings (SSSR count). The number of rotatable bonds is 16. The number of methoxy groups -OCH3 is 2. The van der Waals surface area contributed by atoms with E-state index in [1.54, 1.807) is 14.2 Å². The third-order valence-corrected chi connectivity index (χ3v) is 6.60. The van der Waals surface area contributed by atoms with Crippen LogP contribution in [0.15, 0.2) is 35.9 Å². The summed E-state index contributed by atoms with van der Waals surface area (Å²) >= 11 is 0. The van der Waals surface area contributed by atoms with Crippen molar-refractivity contribution in [1.29, 1.82) is 0 Å². The van der Waals surface area contributed by atoms with Crippen molar-refractivity contribution in [1.82, 2.24) is 0 Å². The first-order chi connectivity index (χ1) is 15.5. The molecule has 0 aliphatic carbocycles. The first kappa shape index (κ1) is 29.3. The molecule has 0 spiro atoms. The van der Waals surface area contributed by atoms with Gasteiger partial charge in [-0.05, 0) is 42.9 Å². The van der Waals surface area contributed by atoms with Crippen molar-refractivity contribution in [3.8, 4) is 0 Å². The number of aliphatic hydroxyl groups is 2. The van der Waals surface area contributed by atoms with E-state index >= 15 is 0 Å². The lowest BCUT2D eigenvalue weighted by molar-refractivity contribution is -0.137. The van der Waals surface area contributed by atoms with Crippen molar-refractivity contribution in [2.75, 3.05) is 20.8 Å². The summed E-state index contributed by atoms with van der Waals surface area (Å²) in [6, 6.07) is 7.99. The average molecular weight is 465 g/mol. The van der Waals surface area contributed by atoms with Crippen molar-refractivity contribution in [3.05, 3.63) is 47.0 Å². The van der Waals surface area contributed by atoms with Crippen LogP contribution in [0.25, 0.3) is 0 Å². The number of benzene rings is 1. The summed E-state index contributed by atoms with van der Waals surface area (Å²) in [5, 5.41) is 30.7. The Morgan fingerprint density at radius 3 is 2.45 bits per heavy atom. The Bertz CT molecular complexity index is 742. The summed E-state index contributed by atoms with van der Waals surface area (Å²) in [4.78, 5) is 10.8. The zero-order valence-electron chi connectivity index (χ0n) is 21.2. The summed E-state index contributed by atoms with van der Waals surface area (Å²) < 4.78 is 10.9. The first-order valence-electron chi connectivity index (χ1n) is 11.9. The van der Waals surface area contributed by atoms with Gasteiger partial charge in [0, 0.05) is 44.8 Å². The molecule has 1 aromatic carbocycles. The van der Waals surface area contributed by atoms with Crippen molar-refractivity contribution >= 4 is 5.97 Å². The summed E-state index contributed by atoms with van der Waals surface area (Å²) in [7, 11) is 3.29. The summed E-state index contributed by atoms with van der Waals surface area (Å²) in [5.41, 5.74) is 2.43. The minimum atomic E-state index is -0.788. The highest BCUT2D eigenvalue weighted by atomic mass is 16.5. The quantitative estimate of drug-likeness (QED) is 0.312. The van der Waals surface area contributed by atoms with Crippen LogP contribution < -0.4 is 0 Å². The van der Waals surface area contributed by atoms with Crippen LogP contribution in [0.1, 0.15) is 70.9 Å². The summed E-state index contributed by atoms with van der Waals surface area (Å²) in [6.45, 7) is 8.64. The Morgan fingerprint density at radius 1 is 1.18 bits per heavy atom. The van der Waals surface area contributed by atoms with Crippen LogP contribution in [0.3, 0.4) is 0 Å². The van der Waals surface area contributed by atoms with Crippen LogP contribution in [-0.2, 0) is 26.1 Å². The fourth-order valence-corrected chi connectivity index (χ4v) is 4.01. The maximum absolute atomic E-state index is 11.1. The van der Waals surface area contributed by atoms with Gasteiger partial charge in [-0.25, -0.2) is 0 Å². The van der Waals surface area contributed by atoms with Crippen LogP contribution >= 0.6 is 0 Å². The fourth-order valence-electron chi connectivity index (χ4n) is 4.01. The van der Waals surface area contributed by atoms with Gasteiger partial charge < -0.3 is 24.8 Å². The predicted molar refractivity (Wildman–Crippen MR) is 132 cm³/mol. The third-order valence-electron chi connectivity index (χ3n) is 6.60. The van der Waals surface area contributed by atoms with Crippen molar-refractivity contribution in [2.24, 2.45) is 5.92 Å². The molecule has 0 aliphatic rings. The second kappa shape index (κ2) is 14.5. The minimum absolute atomic E-state index is 0.145. The Morgan fingerprint density at radius 2 is 1.88 bits per heavy atom. The van der Waals surface area contributed by atoms with E-state index in [1.807, 2.05) is 39.0 Å². The molecule has 0 unspecified atom stereocenters. The van der Waals surface area contributed by atoms with Gasteiger partial charge in [0.05, 0.1) is 24.9 Å². The molecule has 0 fully saturated rings. The first-order valence-corrected chi connectivity index (χ1v) is 11.9. The topological polar surface area (TPSA) is 96.2 Å². The molecular weight excluding hydrogens is 420 g/mol. The number of carbonyl (C=O) groups is 1. The predicted octanol–water partition coefficient (Wildman–Crippen LogP) is 4.51. The molecule has 188 valence electrons. The van der Waals surface area contributed by atoms with Gasteiger partial charge >= 0.3 is 5.97 Å². The molecule has 6 heteroatoms. The van der Waals surface area contributed by atoms with E-state index < -0.39 is 23.6 Å². The second-order valence-electron chi connectivity index (χ2n) is 9.56. The van der Waals surface area contributed by atoms with Crippen LogP contribution in [-0.4, -0.2) is 60.4 Å². The molecule has 0 radical (unpaired) electrons. The van der Waals surface area contributed by atoms with Crippen LogP contribution in [0.2, 0.25) is 0 Å². The zero-order valence-corrected chi connectivity index (χ0v) is 21.2. The Kier molecular flexibility index (Phi) is 12.9. The van der Waals surface area contributed by atoms with Crippen molar-refractivity contribution in [3.63, 3.8) is 0 Å². The van der Waals surface area contributed by atoms with Gasteiger partial charge in [0.15, 0.2) is 0 Å². The summed E-state index contributed by atoms with van der Waals surface area (Å²) in [5.74, 6) is -0.526. The number of ether oxygens (including phenoxy) is 2. The number of aliphatic carboxylic acids is 1. The molecule has 0 saturated carbocycles. The largest absolute Gasteiger partial charge is 0.481 e. The maximum Gasteiger partial charge on any atom is 0.303 e. The normalized spacial score (nSPS) is 16.3. The van der Waals surface area contributed by atoms with E-state index in [9.17, 15) is 15.0 Å². The van der Waals surface area contributed by atoms with Gasteiger partial charge in [-0.3, -0.25) is 4.79 Å². The van der Waals surface area contributed by atoms with E-state index in [4.69, 9.17) is 14.6 Å². The highest BCUT2D eigenvalue weighted by Crippen LogP contribution is 2.32. The lowest BCUT2D eigenvalue weighted by atomic mass is 9.76. The highest BCUT2D eigenvalue weighted by Gasteiger charge is 2.32. The molecule has 0 aliphatic heterocycles. The van der Waals surface area contributed by atoms with Gasteiger partial charge in [0.2, 0.25) is 0 Å². The van der Waals surface area contributed by atoms with Crippen molar-refractivity contribution in [2.45, 2.75) is 89.9 Å². The number of hydrogen-bond donors (Lipinski definition) is 3. The number of carboxylic acids is 1. The van der Waals surface area contributed by atoms with Crippen LogP contribution in [0, 0.1) is 5.92 Å². The second-order valence-corrected chi connectivity index (χ2v) is 9.56. The minimum Gasteiger partial charge on any atom is -0.481 e.